The Morgan fingerprint density at radius 1 is 1.18 bits per heavy atom. The fourth-order valence-electron chi connectivity index (χ4n) is 3.05. The van der Waals surface area contributed by atoms with Crippen LogP contribution in [-0.4, -0.2) is 30.3 Å². The second kappa shape index (κ2) is 8.79. The molecule has 1 aliphatic carbocycles. The number of nitrogens with zero attached hydrogens (tertiary/aromatic N) is 1. The van der Waals surface area contributed by atoms with E-state index in [9.17, 15) is 5.11 Å². The summed E-state index contributed by atoms with van der Waals surface area (Å²) in [5.74, 6) is 1.19. The van der Waals surface area contributed by atoms with Crippen LogP contribution in [0.5, 0.6) is 0 Å². The second-order valence-corrected chi connectivity index (χ2v) is 5.96. The Morgan fingerprint density at radius 3 is 2.59 bits per heavy atom. The third-order valence-corrected chi connectivity index (χ3v) is 4.40. The van der Waals surface area contributed by atoms with Crippen LogP contribution in [0, 0.1) is 5.92 Å². The van der Waals surface area contributed by atoms with Crippen molar-refractivity contribution in [3.05, 3.63) is 35.4 Å². The molecule has 1 aliphatic rings. The molecule has 0 amide bonds. The van der Waals surface area contributed by atoms with Crippen molar-refractivity contribution >= 4 is 5.96 Å². The summed E-state index contributed by atoms with van der Waals surface area (Å²) in [4.78, 5) is 4.69. The van der Waals surface area contributed by atoms with Crippen molar-refractivity contribution in [2.45, 2.75) is 52.2 Å². The van der Waals surface area contributed by atoms with E-state index in [2.05, 4.69) is 48.7 Å². The number of benzene rings is 1. The molecule has 22 heavy (non-hydrogen) atoms. The van der Waals surface area contributed by atoms with Crippen LogP contribution in [0.2, 0.25) is 0 Å². The van der Waals surface area contributed by atoms with E-state index in [1.165, 1.54) is 11.1 Å². The zero-order chi connectivity index (χ0) is 15.8. The van der Waals surface area contributed by atoms with Crippen LogP contribution in [-0.2, 0) is 13.0 Å². The molecule has 1 aromatic rings. The predicted octanol–water partition coefficient (Wildman–Crippen LogP) is 2.47. The average Bonchev–Trinajstić information content (AvgIpc) is 2.95. The standard InChI is InChI=1S/C18H29N3O/c1-3-14-8-5-6-9-15(14)12-20-18(19-4-2)21-13-16-10-7-11-17(16)22/h5-6,8-9,16-17,22H,3-4,7,10-13H2,1-2H3,(H2,19,20,21). The van der Waals surface area contributed by atoms with E-state index in [4.69, 9.17) is 4.99 Å². The van der Waals surface area contributed by atoms with Gasteiger partial charge in [0.2, 0.25) is 0 Å². The molecule has 2 rings (SSSR count). The van der Waals surface area contributed by atoms with Gasteiger partial charge in [-0.3, -0.25) is 0 Å². The molecule has 1 saturated carbocycles. The van der Waals surface area contributed by atoms with Crippen molar-refractivity contribution in [3.8, 4) is 0 Å². The predicted molar refractivity (Wildman–Crippen MR) is 92.0 cm³/mol. The van der Waals surface area contributed by atoms with E-state index in [-0.39, 0.29) is 6.10 Å². The highest BCUT2D eigenvalue weighted by atomic mass is 16.3. The van der Waals surface area contributed by atoms with Gasteiger partial charge in [0.1, 0.15) is 0 Å². The summed E-state index contributed by atoms with van der Waals surface area (Å²) in [6.07, 6.45) is 4.04. The first-order valence-electron chi connectivity index (χ1n) is 8.51. The molecular formula is C18H29N3O. The molecule has 122 valence electrons. The van der Waals surface area contributed by atoms with Crippen LogP contribution in [0.3, 0.4) is 0 Å². The van der Waals surface area contributed by atoms with Gasteiger partial charge in [0, 0.05) is 19.0 Å². The Bertz CT molecular complexity index is 487. The van der Waals surface area contributed by atoms with Gasteiger partial charge >= 0.3 is 0 Å². The zero-order valence-electron chi connectivity index (χ0n) is 13.8. The normalized spacial score (nSPS) is 21.9. The number of hydrogen-bond donors (Lipinski definition) is 3. The van der Waals surface area contributed by atoms with Gasteiger partial charge in [-0.15, -0.1) is 0 Å². The number of hydrogen-bond acceptors (Lipinski definition) is 2. The van der Waals surface area contributed by atoms with Crippen molar-refractivity contribution in [2.75, 3.05) is 13.1 Å². The lowest BCUT2D eigenvalue weighted by Gasteiger charge is -2.18. The average molecular weight is 303 g/mol. The third kappa shape index (κ3) is 4.73. The van der Waals surface area contributed by atoms with Gasteiger partial charge in [-0.2, -0.15) is 0 Å². The molecule has 0 heterocycles. The fourth-order valence-corrected chi connectivity index (χ4v) is 3.05. The quantitative estimate of drug-likeness (QED) is 0.559. The number of aliphatic hydroxyl groups is 1. The Hall–Kier alpha value is -1.55. The molecule has 0 bridgehead atoms. The highest BCUT2D eigenvalue weighted by Gasteiger charge is 2.24. The van der Waals surface area contributed by atoms with Gasteiger partial charge in [0.05, 0.1) is 12.6 Å². The number of rotatable bonds is 6. The van der Waals surface area contributed by atoms with E-state index in [0.717, 1.165) is 44.7 Å². The maximum Gasteiger partial charge on any atom is 0.191 e. The molecule has 0 aliphatic heterocycles. The van der Waals surface area contributed by atoms with Gasteiger partial charge in [0.15, 0.2) is 5.96 Å². The van der Waals surface area contributed by atoms with E-state index in [1.807, 2.05) is 0 Å². The van der Waals surface area contributed by atoms with E-state index in [1.54, 1.807) is 0 Å². The van der Waals surface area contributed by atoms with Crippen LogP contribution in [0.25, 0.3) is 0 Å². The number of guanidine groups is 1. The first-order chi connectivity index (χ1) is 10.7. The van der Waals surface area contributed by atoms with Crippen LogP contribution < -0.4 is 10.6 Å². The molecule has 4 heteroatoms. The SMILES string of the molecule is CCNC(=NCc1ccccc1CC)NCC1CCCC1O. The van der Waals surface area contributed by atoms with Crippen LogP contribution >= 0.6 is 0 Å². The summed E-state index contributed by atoms with van der Waals surface area (Å²) in [5, 5.41) is 16.6. The maximum absolute atomic E-state index is 9.91. The Kier molecular flexibility index (Phi) is 6.72. The van der Waals surface area contributed by atoms with Crippen molar-refractivity contribution in [3.63, 3.8) is 0 Å². The monoisotopic (exact) mass is 303 g/mol. The summed E-state index contributed by atoms with van der Waals surface area (Å²) < 4.78 is 0. The van der Waals surface area contributed by atoms with Gasteiger partial charge in [-0.25, -0.2) is 4.99 Å². The van der Waals surface area contributed by atoms with Crippen molar-refractivity contribution in [1.29, 1.82) is 0 Å². The van der Waals surface area contributed by atoms with Crippen LogP contribution in [0.1, 0.15) is 44.2 Å². The molecule has 4 nitrogen and oxygen atoms in total. The van der Waals surface area contributed by atoms with E-state index in [0.29, 0.717) is 12.5 Å². The molecule has 2 unspecified atom stereocenters. The highest BCUT2D eigenvalue weighted by Crippen LogP contribution is 2.24. The summed E-state index contributed by atoms with van der Waals surface area (Å²) in [6.45, 7) is 6.57. The lowest BCUT2D eigenvalue weighted by Crippen LogP contribution is -2.41. The molecule has 0 radical (unpaired) electrons. The van der Waals surface area contributed by atoms with Crippen molar-refractivity contribution in [2.24, 2.45) is 10.9 Å². The Labute approximate surface area is 134 Å². The number of aliphatic imine (C=N–C) groups is 1. The summed E-state index contributed by atoms with van der Waals surface area (Å²) in [7, 11) is 0. The molecular weight excluding hydrogens is 274 g/mol. The highest BCUT2D eigenvalue weighted by molar-refractivity contribution is 5.79. The Balaban J connectivity index is 1.94. The first-order valence-corrected chi connectivity index (χ1v) is 8.51. The maximum atomic E-state index is 9.91. The summed E-state index contributed by atoms with van der Waals surface area (Å²) in [6, 6.07) is 8.46. The van der Waals surface area contributed by atoms with Crippen molar-refractivity contribution < 1.29 is 5.11 Å². The number of aliphatic hydroxyl groups excluding tert-OH is 1. The second-order valence-electron chi connectivity index (χ2n) is 5.96. The molecule has 0 saturated heterocycles. The lowest BCUT2D eigenvalue weighted by molar-refractivity contribution is 0.134. The van der Waals surface area contributed by atoms with Crippen LogP contribution in [0.4, 0.5) is 0 Å². The van der Waals surface area contributed by atoms with Gasteiger partial charge in [-0.05, 0) is 37.3 Å². The first kappa shape index (κ1) is 16.8. The summed E-state index contributed by atoms with van der Waals surface area (Å²) >= 11 is 0. The molecule has 1 fully saturated rings. The fraction of sp³-hybridized carbons (Fsp3) is 0.611. The van der Waals surface area contributed by atoms with Gasteiger partial charge in [0.25, 0.3) is 0 Å². The molecule has 0 spiro atoms. The smallest absolute Gasteiger partial charge is 0.191 e. The minimum atomic E-state index is -0.156. The van der Waals surface area contributed by atoms with E-state index < -0.39 is 0 Å². The lowest BCUT2D eigenvalue weighted by atomic mass is 10.1. The van der Waals surface area contributed by atoms with Gasteiger partial charge < -0.3 is 15.7 Å². The summed E-state index contributed by atoms with van der Waals surface area (Å²) in [5.41, 5.74) is 2.64. The number of aryl methyl sites for hydroxylation is 1. The molecule has 1 aromatic carbocycles. The number of nitrogens with one attached hydrogen (secondary N) is 2. The molecule has 0 aromatic heterocycles. The largest absolute Gasteiger partial charge is 0.393 e. The molecule has 2 atom stereocenters. The zero-order valence-corrected chi connectivity index (χ0v) is 13.8. The molecule has 3 N–H and O–H groups in total. The minimum absolute atomic E-state index is 0.156. The third-order valence-electron chi connectivity index (χ3n) is 4.40. The topological polar surface area (TPSA) is 56.7 Å². The van der Waals surface area contributed by atoms with Gasteiger partial charge in [-0.1, -0.05) is 37.6 Å². The Morgan fingerprint density at radius 2 is 1.95 bits per heavy atom. The minimum Gasteiger partial charge on any atom is -0.393 e. The van der Waals surface area contributed by atoms with Crippen molar-refractivity contribution in [1.82, 2.24) is 10.6 Å². The van der Waals surface area contributed by atoms with Crippen LogP contribution in [0.15, 0.2) is 29.3 Å². The van der Waals surface area contributed by atoms with E-state index >= 15 is 0 Å².